The van der Waals surface area contributed by atoms with Gasteiger partial charge in [0.25, 0.3) is 0 Å². The fraction of sp³-hybridized carbons (Fsp3) is 0.368. The standard InChI is InChI=1S/C19H23N5O3S/c1-15-11-20-14-24(17-12-21-22(2)13-17)19(15)16-3-5-18(6-4-16)28(25,26)23-7-9-27-10-8-23/h3-6,11-14,19H,7-10H2,1-2H3. The monoisotopic (exact) mass is 401 g/mol. The van der Waals surface area contributed by atoms with Crippen molar-refractivity contribution in [2.24, 2.45) is 12.0 Å². The smallest absolute Gasteiger partial charge is 0.243 e. The second-order valence-electron chi connectivity index (χ2n) is 6.91. The van der Waals surface area contributed by atoms with Crippen molar-refractivity contribution in [3.8, 4) is 0 Å². The first kappa shape index (κ1) is 18.9. The van der Waals surface area contributed by atoms with Crippen molar-refractivity contribution in [3.63, 3.8) is 0 Å². The van der Waals surface area contributed by atoms with Crippen LogP contribution in [0.4, 0.5) is 5.69 Å². The van der Waals surface area contributed by atoms with Gasteiger partial charge in [-0.05, 0) is 30.2 Å². The number of morpholine rings is 1. The number of rotatable bonds is 4. The number of aliphatic imine (C=N–C) groups is 1. The van der Waals surface area contributed by atoms with Crippen LogP contribution in [0.25, 0.3) is 0 Å². The summed E-state index contributed by atoms with van der Waals surface area (Å²) in [4.78, 5) is 6.64. The summed E-state index contributed by atoms with van der Waals surface area (Å²) in [6.07, 6.45) is 7.31. The van der Waals surface area contributed by atoms with Gasteiger partial charge < -0.3 is 9.64 Å². The van der Waals surface area contributed by atoms with Crippen molar-refractivity contribution >= 4 is 22.0 Å². The molecule has 0 saturated carbocycles. The molecule has 1 saturated heterocycles. The fourth-order valence-corrected chi connectivity index (χ4v) is 4.93. The summed E-state index contributed by atoms with van der Waals surface area (Å²) in [6.45, 7) is 3.66. The van der Waals surface area contributed by atoms with Gasteiger partial charge in [0.1, 0.15) is 0 Å². The summed E-state index contributed by atoms with van der Waals surface area (Å²) >= 11 is 0. The van der Waals surface area contributed by atoms with E-state index in [0.29, 0.717) is 31.2 Å². The lowest BCUT2D eigenvalue weighted by molar-refractivity contribution is 0.0730. The van der Waals surface area contributed by atoms with E-state index < -0.39 is 10.0 Å². The zero-order valence-corrected chi connectivity index (χ0v) is 16.7. The third kappa shape index (κ3) is 3.48. The van der Waals surface area contributed by atoms with E-state index in [1.807, 2.05) is 43.4 Å². The van der Waals surface area contributed by atoms with Gasteiger partial charge in [-0.1, -0.05) is 12.1 Å². The van der Waals surface area contributed by atoms with E-state index in [1.165, 1.54) is 4.31 Å². The van der Waals surface area contributed by atoms with Gasteiger partial charge in [0, 0.05) is 32.5 Å². The molecule has 1 unspecified atom stereocenters. The predicted molar refractivity (Wildman–Crippen MR) is 107 cm³/mol. The molecule has 1 fully saturated rings. The van der Waals surface area contributed by atoms with Gasteiger partial charge >= 0.3 is 0 Å². The van der Waals surface area contributed by atoms with E-state index in [-0.39, 0.29) is 6.04 Å². The average molecular weight is 401 g/mol. The van der Waals surface area contributed by atoms with Crippen LogP contribution in [-0.4, -0.2) is 55.1 Å². The van der Waals surface area contributed by atoms with Crippen LogP contribution < -0.4 is 4.90 Å². The summed E-state index contributed by atoms with van der Waals surface area (Å²) in [5.74, 6) is 0. The number of aromatic nitrogens is 2. The van der Waals surface area contributed by atoms with Gasteiger partial charge in [-0.2, -0.15) is 9.40 Å². The molecule has 2 aliphatic rings. The van der Waals surface area contributed by atoms with E-state index in [0.717, 1.165) is 16.8 Å². The number of nitrogens with zero attached hydrogens (tertiary/aromatic N) is 5. The van der Waals surface area contributed by atoms with Crippen LogP contribution in [0.5, 0.6) is 0 Å². The Bertz CT molecular complexity index is 1000. The summed E-state index contributed by atoms with van der Waals surface area (Å²) in [6, 6.07) is 7.04. The van der Waals surface area contributed by atoms with Gasteiger partial charge in [0.05, 0.1) is 42.4 Å². The van der Waals surface area contributed by atoms with Gasteiger partial charge in [0.2, 0.25) is 10.0 Å². The van der Waals surface area contributed by atoms with E-state index in [4.69, 9.17) is 4.74 Å². The molecular weight excluding hydrogens is 378 g/mol. The number of sulfonamides is 1. The molecule has 2 aliphatic heterocycles. The minimum Gasteiger partial charge on any atom is -0.379 e. The van der Waals surface area contributed by atoms with E-state index >= 15 is 0 Å². The Kier molecular flexibility index (Phi) is 5.05. The lowest BCUT2D eigenvalue weighted by Crippen LogP contribution is -2.40. The predicted octanol–water partition coefficient (Wildman–Crippen LogP) is 1.93. The molecule has 8 nitrogen and oxygen atoms in total. The normalized spacial score (nSPS) is 21.0. The van der Waals surface area contributed by atoms with Gasteiger partial charge in [0.15, 0.2) is 0 Å². The third-order valence-corrected chi connectivity index (χ3v) is 6.88. The van der Waals surface area contributed by atoms with Crippen LogP contribution in [0.3, 0.4) is 0 Å². The van der Waals surface area contributed by atoms with Crippen LogP contribution >= 0.6 is 0 Å². The number of ether oxygens (including phenoxy) is 1. The molecule has 28 heavy (non-hydrogen) atoms. The van der Waals surface area contributed by atoms with Crippen molar-refractivity contribution in [2.45, 2.75) is 17.9 Å². The highest BCUT2D eigenvalue weighted by Gasteiger charge is 2.28. The Balaban J connectivity index is 1.63. The third-order valence-electron chi connectivity index (χ3n) is 4.97. The molecule has 0 radical (unpaired) electrons. The number of aryl methyl sites for hydroxylation is 1. The van der Waals surface area contributed by atoms with Crippen LogP contribution in [0.15, 0.2) is 58.3 Å². The van der Waals surface area contributed by atoms with Crippen molar-refractivity contribution < 1.29 is 13.2 Å². The Morgan fingerprint density at radius 2 is 1.86 bits per heavy atom. The molecule has 3 heterocycles. The van der Waals surface area contributed by atoms with Gasteiger partial charge in [-0.3, -0.25) is 4.68 Å². The Morgan fingerprint density at radius 1 is 1.14 bits per heavy atom. The first-order valence-electron chi connectivity index (χ1n) is 9.11. The maximum absolute atomic E-state index is 12.8. The molecular formula is C19H23N5O3S. The first-order valence-corrected chi connectivity index (χ1v) is 10.6. The molecule has 9 heteroatoms. The van der Waals surface area contributed by atoms with Gasteiger partial charge in [-0.25, -0.2) is 13.4 Å². The molecule has 0 aliphatic carbocycles. The first-order chi connectivity index (χ1) is 13.5. The molecule has 148 valence electrons. The number of anilines is 1. The SMILES string of the molecule is CC1=CN=CN(c2cnn(C)c2)C1c1ccc(S(=O)(=O)N2CCOCC2)cc1. The van der Waals surface area contributed by atoms with E-state index in [2.05, 4.69) is 10.1 Å². The van der Waals surface area contributed by atoms with Crippen molar-refractivity contribution in [3.05, 3.63) is 54.0 Å². The topological polar surface area (TPSA) is 80.0 Å². The largest absolute Gasteiger partial charge is 0.379 e. The second-order valence-corrected chi connectivity index (χ2v) is 8.84. The fourth-order valence-electron chi connectivity index (χ4n) is 3.52. The minimum absolute atomic E-state index is 0.0677. The molecule has 1 aromatic carbocycles. The zero-order valence-electron chi connectivity index (χ0n) is 15.9. The van der Waals surface area contributed by atoms with E-state index in [9.17, 15) is 8.42 Å². The lowest BCUT2D eigenvalue weighted by Gasteiger charge is -2.32. The van der Waals surface area contributed by atoms with E-state index in [1.54, 1.807) is 29.3 Å². The quantitative estimate of drug-likeness (QED) is 0.782. The average Bonchev–Trinajstić information content (AvgIpc) is 3.15. The van der Waals surface area contributed by atoms with Crippen LogP contribution in [-0.2, 0) is 21.8 Å². The number of benzene rings is 1. The summed E-state index contributed by atoms with van der Waals surface area (Å²) in [7, 11) is -1.63. The molecule has 0 amide bonds. The molecule has 0 bridgehead atoms. The highest BCUT2D eigenvalue weighted by Crippen LogP contribution is 2.34. The summed E-state index contributed by atoms with van der Waals surface area (Å²) in [5, 5.41) is 4.24. The zero-order chi connectivity index (χ0) is 19.7. The highest BCUT2D eigenvalue weighted by molar-refractivity contribution is 7.89. The van der Waals surface area contributed by atoms with Crippen LogP contribution in [0.2, 0.25) is 0 Å². The maximum atomic E-state index is 12.8. The number of hydrogen-bond acceptors (Lipinski definition) is 6. The van der Waals surface area contributed by atoms with Crippen LogP contribution in [0, 0.1) is 0 Å². The Hall–Kier alpha value is -2.49. The lowest BCUT2D eigenvalue weighted by atomic mass is 9.98. The maximum Gasteiger partial charge on any atom is 0.243 e. The molecule has 1 atom stereocenters. The summed E-state index contributed by atoms with van der Waals surface area (Å²) in [5.41, 5.74) is 2.98. The molecule has 2 aromatic rings. The van der Waals surface area contributed by atoms with Crippen molar-refractivity contribution in [1.29, 1.82) is 0 Å². The molecule has 4 rings (SSSR count). The Morgan fingerprint density at radius 3 is 2.50 bits per heavy atom. The van der Waals surface area contributed by atoms with Crippen molar-refractivity contribution in [2.75, 3.05) is 31.2 Å². The van der Waals surface area contributed by atoms with Gasteiger partial charge in [-0.15, -0.1) is 0 Å². The summed E-state index contributed by atoms with van der Waals surface area (Å²) < 4.78 is 34.2. The minimum atomic E-state index is -3.50. The molecule has 1 aromatic heterocycles. The Labute approximate surface area is 164 Å². The second kappa shape index (κ2) is 7.50. The van der Waals surface area contributed by atoms with Crippen LogP contribution in [0.1, 0.15) is 18.5 Å². The molecule has 0 N–H and O–H groups in total. The number of hydrogen-bond donors (Lipinski definition) is 0. The highest BCUT2D eigenvalue weighted by atomic mass is 32.2. The molecule has 0 spiro atoms. The van der Waals surface area contributed by atoms with Crippen molar-refractivity contribution in [1.82, 2.24) is 14.1 Å².